The van der Waals surface area contributed by atoms with Crippen molar-refractivity contribution in [2.75, 3.05) is 11.5 Å². The summed E-state index contributed by atoms with van der Waals surface area (Å²) in [5, 5.41) is 8.07. The van der Waals surface area contributed by atoms with Crippen LogP contribution in [0.2, 0.25) is 0 Å². The summed E-state index contributed by atoms with van der Waals surface area (Å²) < 4.78 is 10.9. The molecule has 0 spiro atoms. The first-order chi connectivity index (χ1) is 6.73. The third-order valence-electron chi connectivity index (χ3n) is 1.75. The predicted octanol–water partition coefficient (Wildman–Crippen LogP) is -0.648. The highest BCUT2D eigenvalue weighted by molar-refractivity contribution is 7.60. The van der Waals surface area contributed by atoms with Crippen molar-refractivity contribution >= 4 is 30.2 Å². The molecule has 0 atom stereocenters. The van der Waals surface area contributed by atoms with Crippen molar-refractivity contribution in [1.29, 1.82) is 0 Å². The van der Waals surface area contributed by atoms with Gasteiger partial charge in [0.15, 0.2) is 0 Å². The van der Waals surface area contributed by atoms with Crippen LogP contribution in [-0.4, -0.2) is 20.9 Å². The van der Waals surface area contributed by atoms with Crippen molar-refractivity contribution in [3.05, 3.63) is 17.7 Å². The third kappa shape index (κ3) is 2.27. The molecule has 8 heteroatoms. The lowest BCUT2D eigenvalue weighted by Crippen LogP contribution is -2.15. The lowest BCUT2D eigenvalue weighted by Gasteiger charge is -2.10. The minimum absolute atomic E-state index is 0.173. The Kier molecular flexibility index (Phi) is 2.72. The Morgan fingerprint density at radius 1 is 1.27 bits per heavy atom. The molecule has 1 aromatic carbocycles. The van der Waals surface area contributed by atoms with Crippen LogP contribution in [-0.2, 0) is 4.57 Å². The molecule has 0 saturated heterocycles. The standard InChI is InChI=1S/C7H9N2O5P/c8-4-1-3(7(10)11)2-5(6(4)9)15(12,13)14/h1-2H,8-9H2,(H,10,11)(H2,12,13,14). The van der Waals surface area contributed by atoms with Gasteiger partial charge in [-0.05, 0) is 12.1 Å². The van der Waals surface area contributed by atoms with Crippen molar-refractivity contribution in [2.45, 2.75) is 0 Å². The Balaban J connectivity index is 3.52. The van der Waals surface area contributed by atoms with Crippen LogP contribution in [0.1, 0.15) is 10.4 Å². The van der Waals surface area contributed by atoms with Gasteiger partial charge in [-0.2, -0.15) is 0 Å². The molecule has 1 rings (SSSR count). The summed E-state index contributed by atoms with van der Waals surface area (Å²) >= 11 is 0. The monoisotopic (exact) mass is 232 g/mol. The molecule has 0 aliphatic rings. The van der Waals surface area contributed by atoms with Crippen LogP contribution in [0.25, 0.3) is 0 Å². The van der Waals surface area contributed by atoms with E-state index in [0.717, 1.165) is 12.1 Å². The zero-order valence-electron chi connectivity index (χ0n) is 7.41. The van der Waals surface area contributed by atoms with Crippen molar-refractivity contribution in [1.82, 2.24) is 0 Å². The van der Waals surface area contributed by atoms with E-state index in [1.807, 2.05) is 0 Å². The van der Waals surface area contributed by atoms with Crippen molar-refractivity contribution in [3.63, 3.8) is 0 Å². The first-order valence-electron chi connectivity index (χ1n) is 3.72. The van der Waals surface area contributed by atoms with Crippen molar-refractivity contribution in [2.24, 2.45) is 0 Å². The molecule has 0 fully saturated rings. The first kappa shape index (κ1) is 11.5. The number of carboxylic acid groups (broad SMARTS) is 1. The van der Waals surface area contributed by atoms with Crippen LogP contribution in [0.4, 0.5) is 11.4 Å². The molecular formula is C7H9N2O5P. The van der Waals surface area contributed by atoms with Gasteiger partial charge in [-0.1, -0.05) is 0 Å². The largest absolute Gasteiger partial charge is 0.478 e. The smallest absolute Gasteiger partial charge is 0.358 e. The quantitative estimate of drug-likeness (QED) is 0.336. The van der Waals surface area contributed by atoms with Gasteiger partial charge >= 0.3 is 13.6 Å². The second kappa shape index (κ2) is 3.54. The molecule has 0 heterocycles. The van der Waals surface area contributed by atoms with Gasteiger partial charge in [0.05, 0.1) is 22.2 Å². The maximum absolute atomic E-state index is 10.9. The molecule has 82 valence electrons. The number of anilines is 2. The van der Waals surface area contributed by atoms with Gasteiger partial charge in [-0.3, -0.25) is 4.57 Å². The molecule has 0 saturated carbocycles. The molecular weight excluding hydrogens is 223 g/mol. The second-order valence-electron chi connectivity index (χ2n) is 2.85. The number of nitrogen functional groups attached to an aromatic ring is 2. The van der Waals surface area contributed by atoms with Gasteiger partial charge in [0, 0.05) is 0 Å². The van der Waals surface area contributed by atoms with Crippen molar-refractivity contribution < 1.29 is 24.3 Å². The Morgan fingerprint density at radius 2 is 1.80 bits per heavy atom. The molecule has 7 N–H and O–H groups in total. The molecule has 0 aliphatic carbocycles. The van der Waals surface area contributed by atoms with E-state index in [9.17, 15) is 9.36 Å². The average Bonchev–Trinajstić information content (AvgIpc) is 2.06. The lowest BCUT2D eigenvalue weighted by molar-refractivity contribution is 0.0697. The number of carboxylic acids is 1. The summed E-state index contributed by atoms with van der Waals surface area (Å²) in [5.74, 6) is -1.34. The number of hydrogen-bond donors (Lipinski definition) is 5. The van der Waals surface area contributed by atoms with E-state index in [4.69, 9.17) is 26.4 Å². The normalized spacial score (nSPS) is 11.3. The minimum Gasteiger partial charge on any atom is -0.478 e. The van der Waals surface area contributed by atoms with Crippen LogP contribution in [0.5, 0.6) is 0 Å². The van der Waals surface area contributed by atoms with E-state index in [0.29, 0.717) is 0 Å². The molecule has 0 radical (unpaired) electrons. The molecule has 7 nitrogen and oxygen atoms in total. The molecule has 15 heavy (non-hydrogen) atoms. The maximum Gasteiger partial charge on any atom is 0.358 e. The number of carbonyl (C=O) groups is 1. The van der Waals surface area contributed by atoms with Crippen LogP contribution in [0, 0.1) is 0 Å². The van der Waals surface area contributed by atoms with E-state index in [-0.39, 0.29) is 16.9 Å². The summed E-state index contributed by atoms with van der Waals surface area (Å²) in [6.45, 7) is 0. The summed E-state index contributed by atoms with van der Waals surface area (Å²) in [6.07, 6.45) is 0. The zero-order valence-corrected chi connectivity index (χ0v) is 8.31. The molecule has 1 aromatic rings. The molecule has 0 aliphatic heterocycles. The molecule has 0 unspecified atom stereocenters. The van der Waals surface area contributed by atoms with E-state index >= 15 is 0 Å². The molecule has 0 aromatic heterocycles. The Hall–Kier alpha value is -1.56. The van der Waals surface area contributed by atoms with Crippen molar-refractivity contribution in [3.8, 4) is 0 Å². The van der Waals surface area contributed by atoms with E-state index < -0.39 is 18.9 Å². The third-order valence-corrected chi connectivity index (χ3v) is 2.75. The minimum atomic E-state index is -4.62. The Bertz CT molecular complexity index is 467. The highest BCUT2D eigenvalue weighted by Crippen LogP contribution is 2.37. The van der Waals surface area contributed by atoms with Gasteiger partial charge < -0.3 is 26.4 Å². The number of benzene rings is 1. The fourth-order valence-electron chi connectivity index (χ4n) is 1.02. The Morgan fingerprint density at radius 3 is 2.20 bits per heavy atom. The summed E-state index contributed by atoms with van der Waals surface area (Å²) in [7, 11) is -4.62. The van der Waals surface area contributed by atoms with Crippen LogP contribution in [0.15, 0.2) is 12.1 Å². The van der Waals surface area contributed by atoms with E-state index in [1.54, 1.807) is 0 Å². The summed E-state index contributed by atoms with van der Waals surface area (Å²) in [4.78, 5) is 28.4. The number of hydrogen-bond acceptors (Lipinski definition) is 4. The van der Waals surface area contributed by atoms with Crippen LogP contribution < -0.4 is 16.8 Å². The Labute approximate surface area is 84.5 Å². The predicted molar refractivity (Wildman–Crippen MR) is 53.9 cm³/mol. The highest BCUT2D eigenvalue weighted by Gasteiger charge is 2.24. The summed E-state index contributed by atoms with van der Waals surface area (Å²) in [6, 6.07) is 1.85. The highest BCUT2D eigenvalue weighted by atomic mass is 31.2. The molecule has 0 bridgehead atoms. The fraction of sp³-hybridized carbons (Fsp3) is 0. The van der Waals surface area contributed by atoms with E-state index in [1.165, 1.54) is 0 Å². The van der Waals surface area contributed by atoms with Crippen LogP contribution in [0.3, 0.4) is 0 Å². The second-order valence-corrected chi connectivity index (χ2v) is 4.42. The van der Waals surface area contributed by atoms with E-state index in [2.05, 4.69) is 0 Å². The molecule has 0 amide bonds. The zero-order chi connectivity index (χ0) is 11.8. The number of nitrogens with two attached hydrogens (primary N) is 2. The average molecular weight is 232 g/mol. The van der Waals surface area contributed by atoms with Gasteiger partial charge in [-0.15, -0.1) is 0 Å². The SMILES string of the molecule is Nc1cc(C(=O)O)cc(P(=O)(O)O)c1N. The lowest BCUT2D eigenvalue weighted by atomic mass is 10.2. The number of rotatable bonds is 2. The maximum atomic E-state index is 10.9. The van der Waals surface area contributed by atoms with Gasteiger partial charge in [0.1, 0.15) is 0 Å². The number of aromatic carboxylic acids is 1. The summed E-state index contributed by atoms with van der Waals surface area (Å²) in [5.41, 5.74) is 9.86. The van der Waals surface area contributed by atoms with Crippen LogP contribution >= 0.6 is 7.60 Å². The van der Waals surface area contributed by atoms with Gasteiger partial charge in [-0.25, -0.2) is 4.79 Å². The van der Waals surface area contributed by atoms with Gasteiger partial charge in [0.25, 0.3) is 0 Å². The fourth-order valence-corrected chi connectivity index (χ4v) is 1.77. The first-order valence-corrected chi connectivity index (χ1v) is 5.33. The van der Waals surface area contributed by atoms with Gasteiger partial charge in [0.2, 0.25) is 0 Å². The topological polar surface area (TPSA) is 147 Å².